The van der Waals surface area contributed by atoms with Gasteiger partial charge < -0.3 is 169 Å². The summed E-state index contributed by atoms with van der Waals surface area (Å²) >= 11 is 0. The lowest BCUT2D eigenvalue weighted by molar-refractivity contribution is -0.309. The van der Waals surface area contributed by atoms with E-state index < -0.39 is 147 Å². The summed E-state index contributed by atoms with van der Waals surface area (Å²) in [5.74, 6) is 4.15. The first kappa shape index (κ1) is 147. The second-order valence-electron chi connectivity index (χ2n) is 44.3. The summed E-state index contributed by atoms with van der Waals surface area (Å²) in [6.07, 6.45) is -8.02. The first-order valence-corrected chi connectivity index (χ1v) is 51.3. The van der Waals surface area contributed by atoms with Crippen LogP contribution in [0, 0.1) is 136 Å². The topological polar surface area (TPSA) is 582 Å². The van der Waals surface area contributed by atoms with Gasteiger partial charge in [-0.1, -0.05) is 261 Å². The molecule has 33 nitrogen and oxygen atoms in total. The van der Waals surface area contributed by atoms with E-state index in [-0.39, 0.29) is 249 Å². The summed E-state index contributed by atoms with van der Waals surface area (Å²) in [6.45, 7) is 56.1. The van der Waals surface area contributed by atoms with Crippen LogP contribution >= 0.6 is 0 Å². The SMILES string of the molecule is C.C.C.C.C.C.C.C.C.C.CC1C(CN)OC(OC2C(N)CC(N)C(C)C2O)C(N)C1C.CC1C(CN)OC(OC2C(N)CC(N)C(C)C2O)C(N)C1O.CCC1OC(OC2C(C)CC(C)C(C)C2O)C(C)C(C)C1C.CCC1OC(OC2C(C)CC(C)C(C)C2O)C(C)C(C)C1O.CCC1OC(OC2C(C)CC(C)C(O)C2O)C(C)C(C)C1O.CCC1OC(OC2C(C)CC(C)C(O)C2O)C(C)C(O)C1O. The molecule has 0 radical (unpaired) electrons. The molecule has 12 rings (SSSR count). The molecule has 6 saturated carbocycles. The van der Waals surface area contributed by atoms with Gasteiger partial charge in [-0.25, -0.2) is 0 Å². The van der Waals surface area contributed by atoms with Crippen molar-refractivity contribution in [2.75, 3.05) is 13.1 Å². The van der Waals surface area contributed by atoms with Crippen LogP contribution in [0.2, 0.25) is 0 Å². The molecule has 12 fully saturated rings. The molecular formula is C109H234N8O25. The molecule has 0 aromatic heterocycles. The van der Waals surface area contributed by atoms with E-state index in [1.807, 2.05) is 83.1 Å². The van der Waals surface area contributed by atoms with Crippen molar-refractivity contribution in [3.05, 3.63) is 0 Å². The second-order valence-corrected chi connectivity index (χ2v) is 44.3. The molecule has 0 amide bonds. The van der Waals surface area contributed by atoms with Gasteiger partial charge in [0.2, 0.25) is 0 Å². The van der Waals surface area contributed by atoms with Crippen molar-refractivity contribution in [1.82, 2.24) is 0 Å². The fourth-order valence-corrected chi connectivity index (χ4v) is 22.8. The van der Waals surface area contributed by atoms with Gasteiger partial charge >= 0.3 is 0 Å². The normalized spacial score (nSPS) is 49.7. The van der Waals surface area contributed by atoms with Gasteiger partial charge in [-0.3, -0.25) is 0 Å². The Morgan fingerprint density at radius 1 is 0.190 bits per heavy atom. The average Bonchev–Trinajstić information content (AvgIpc) is 0.806. The maximum atomic E-state index is 10.7. The van der Waals surface area contributed by atoms with Gasteiger partial charge in [0.1, 0.15) is 30.5 Å². The number of nitrogens with two attached hydrogens (primary N) is 8. The molecule has 60 unspecified atom stereocenters. The van der Waals surface area contributed by atoms with E-state index in [2.05, 4.69) is 96.9 Å². The van der Waals surface area contributed by atoms with Crippen LogP contribution in [-0.2, 0) is 56.8 Å². The largest absolute Gasteiger partial charge is 0.391 e. The highest BCUT2D eigenvalue weighted by Gasteiger charge is 2.55. The van der Waals surface area contributed by atoms with Crippen molar-refractivity contribution in [2.45, 2.75) is 552 Å². The van der Waals surface area contributed by atoms with E-state index in [4.69, 9.17) is 103 Å². The van der Waals surface area contributed by atoms with E-state index in [1.165, 1.54) is 0 Å². The minimum atomic E-state index is -0.974. The predicted octanol–water partition coefficient (Wildman–Crippen LogP) is 11.2. The lowest BCUT2D eigenvalue weighted by Crippen LogP contribution is -2.64. The smallest absolute Gasteiger partial charge is 0.176 e. The zero-order valence-electron chi connectivity index (χ0n) is 85.5. The zero-order chi connectivity index (χ0) is 99.6. The third-order valence-corrected chi connectivity index (χ3v) is 34.9. The van der Waals surface area contributed by atoms with Crippen LogP contribution in [0.4, 0.5) is 0 Å². The van der Waals surface area contributed by atoms with Crippen molar-refractivity contribution in [1.29, 1.82) is 0 Å². The van der Waals surface area contributed by atoms with Crippen molar-refractivity contribution in [3.8, 4) is 0 Å². The fraction of sp³-hybridized carbons (Fsp3) is 1.00. The monoisotopic (exact) mass is 2060 g/mol. The molecule has 6 saturated heterocycles. The van der Waals surface area contributed by atoms with Crippen LogP contribution in [-0.4, -0.2) is 306 Å². The Labute approximate surface area is 866 Å². The zero-order valence-corrected chi connectivity index (χ0v) is 85.5. The molecule has 12 aliphatic rings. The van der Waals surface area contributed by atoms with E-state index in [0.717, 1.165) is 44.9 Å². The Hall–Kier alpha value is -1.32. The maximum Gasteiger partial charge on any atom is 0.176 e. The number of ether oxygens (including phenoxy) is 12. The summed E-state index contributed by atoms with van der Waals surface area (Å²) in [6, 6.07) is -2.03. The van der Waals surface area contributed by atoms with Crippen LogP contribution in [0.15, 0.2) is 0 Å². The van der Waals surface area contributed by atoms with Gasteiger partial charge in [0.15, 0.2) is 37.7 Å². The first-order valence-electron chi connectivity index (χ1n) is 51.3. The highest BCUT2D eigenvalue weighted by atomic mass is 16.7. The lowest BCUT2D eigenvalue weighted by Gasteiger charge is -2.47. The molecule has 0 aromatic rings. The quantitative estimate of drug-likeness (QED) is 0.0606. The van der Waals surface area contributed by atoms with Gasteiger partial charge in [0.25, 0.3) is 0 Å². The average molecular weight is 2060 g/mol. The van der Waals surface area contributed by atoms with Crippen LogP contribution in [0.3, 0.4) is 0 Å². The molecule has 0 spiro atoms. The predicted molar refractivity (Wildman–Crippen MR) is 572 cm³/mol. The lowest BCUT2D eigenvalue weighted by atomic mass is 9.72. The molecule has 0 aromatic carbocycles. The number of hydrogen-bond donors (Lipinski definition) is 21. The van der Waals surface area contributed by atoms with E-state index in [1.54, 1.807) is 6.92 Å². The highest BCUT2D eigenvalue weighted by Crippen LogP contribution is 2.46. The Bertz CT molecular complexity index is 2730. The van der Waals surface area contributed by atoms with Crippen LogP contribution in [0.5, 0.6) is 0 Å². The molecule has 860 valence electrons. The number of aliphatic hydroxyl groups is 13. The van der Waals surface area contributed by atoms with Crippen molar-refractivity contribution in [3.63, 3.8) is 0 Å². The van der Waals surface area contributed by atoms with Crippen LogP contribution in [0.1, 0.15) is 325 Å². The Morgan fingerprint density at radius 2 is 0.444 bits per heavy atom. The van der Waals surface area contributed by atoms with E-state index >= 15 is 0 Å². The maximum absolute atomic E-state index is 10.7. The van der Waals surface area contributed by atoms with Gasteiger partial charge in [0, 0.05) is 66.8 Å². The van der Waals surface area contributed by atoms with E-state index in [9.17, 15) is 66.4 Å². The van der Waals surface area contributed by atoms with Crippen molar-refractivity contribution in [2.24, 2.45) is 182 Å². The molecule has 142 heavy (non-hydrogen) atoms. The summed E-state index contributed by atoms with van der Waals surface area (Å²) in [5.41, 5.74) is 47.9. The summed E-state index contributed by atoms with van der Waals surface area (Å²) in [5, 5.41) is 134. The standard InChI is InChI=1S/C19H36O3.C18H34O4.C17H32O5.C16H30O6.C15H32N4O3.C14H30N4O4.10CH4/c1-8-16-14(6)13(5)15(7)19(21-16)22-18-11(3)9-10(2)12(4)17(18)20;1-7-14-15(19)12(5)13(6)18(21-14)22-17-10(3)8-9(2)11(4)16(17)20;1-6-12-14(19)10(4)11(5)17(21-12)22-16-9(3)7-8(2)13(18)15(16)20;1-5-10-13(19)12(18)9(4)16(21-10)22-15-8(3)6-7(2)11(17)14(15)20;1-6-7(2)12(19)15(21-11(6)5-16)22-14-10(18)4-9(17)8(3)13(14)20;1-5-7(16)3-8(17)13(12(5)20)22-14-10(18)11(19)6(2)9(4-15)21-14;;;;;;;;;;/h10-20H,8-9H2,1-7H3;9-20H,7-8H2,1-6H3;8-20H,6-7H2,1-5H3;7-20H,5-6H2,1-4H3;6-15,20H,4-5,16-19H2,1-3H3;5-14,19-20H,3-4,15-18H2,1-2H3;10*1H4. The van der Waals surface area contributed by atoms with Crippen molar-refractivity contribution < 1.29 is 123 Å². The third kappa shape index (κ3) is 34.8. The first-order chi connectivity index (χ1) is 61.6. The van der Waals surface area contributed by atoms with Gasteiger partial charge in [-0.05, 0) is 171 Å². The number of rotatable bonds is 18. The fourth-order valence-electron chi connectivity index (χ4n) is 22.8. The molecule has 0 bridgehead atoms. The summed E-state index contributed by atoms with van der Waals surface area (Å²) < 4.78 is 72.1. The molecular weight excluding hydrogens is 1820 g/mol. The second kappa shape index (κ2) is 65.4. The third-order valence-electron chi connectivity index (χ3n) is 34.9. The molecule has 6 aliphatic heterocycles. The van der Waals surface area contributed by atoms with Gasteiger partial charge in [-0.15, -0.1) is 0 Å². The van der Waals surface area contributed by atoms with E-state index in [0.29, 0.717) is 73.2 Å². The molecule has 6 heterocycles. The number of aliphatic hydroxyl groups excluding tert-OH is 13. The molecule has 60 atom stereocenters. The van der Waals surface area contributed by atoms with Gasteiger partial charge in [-0.2, -0.15) is 0 Å². The molecule has 6 aliphatic carbocycles. The minimum Gasteiger partial charge on any atom is -0.391 e. The van der Waals surface area contributed by atoms with Gasteiger partial charge in [0.05, 0.1) is 134 Å². The summed E-state index contributed by atoms with van der Waals surface area (Å²) in [4.78, 5) is 0. The van der Waals surface area contributed by atoms with Crippen molar-refractivity contribution >= 4 is 0 Å². The highest BCUT2D eigenvalue weighted by molar-refractivity contribution is 5.03. The molecule has 33 heteroatoms. The molecule has 29 N–H and O–H groups in total. The Kier molecular flexibility index (Phi) is 67.7. The minimum absolute atomic E-state index is 0. The Morgan fingerprint density at radius 3 is 0.768 bits per heavy atom. The Balaban J connectivity index is -0.000000793. The number of hydrogen-bond acceptors (Lipinski definition) is 33. The summed E-state index contributed by atoms with van der Waals surface area (Å²) in [7, 11) is 0. The van der Waals surface area contributed by atoms with Crippen LogP contribution in [0.25, 0.3) is 0 Å². The van der Waals surface area contributed by atoms with Crippen LogP contribution < -0.4 is 45.9 Å².